The smallest absolute Gasteiger partial charge is 0.0713 e. The fourth-order valence-corrected chi connectivity index (χ4v) is 5.71. The molecule has 0 aromatic rings. The molecule has 5 heteroatoms. The van der Waals surface area contributed by atoms with Crippen LogP contribution >= 0.6 is 11.8 Å². The van der Waals surface area contributed by atoms with E-state index in [1.807, 2.05) is 0 Å². The number of hydrogen-bond donors (Lipinski definition) is 1. The van der Waals surface area contributed by atoms with Gasteiger partial charge in [-0.25, -0.2) is 0 Å². The summed E-state index contributed by atoms with van der Waals surface area (Å²) in [6.07, 6.45) is 5.11. The lowest BCUT2D eigenvalue weighted by molar-refractivity contribution is -0.126. The fourth-order valence-electron chi connectivity index (χ4n) is 4.47. The van der Waals surface area contributed by atoms with Crippen LogP contribution in [-0.4, -0.2) is 84.9 Å². The first-order valence-corrected chi connectivity index (χ1v) is 9.91. The van der Waals surface area contributed by atoms with Crippen molar-refractivity contribution in [2.45, 2.75) is 43.4 Å². The van der Waals surface area contributed by atoms with Crippen molar-refractivity contribution in [1.29, 1.82) is 0 Å². The van der Waals surface area contributed by atoms with Crippen molar-refractivity contribution in [3.05, 3.63) is 0 Å². The van der Waals surface area contributed by atoms with Gasteiger partial charge in [-0.15, -0.1) is 0 Å². The molecule has 0 aromatic carbocycles. The molecule has 0 aromatic heterocycles. The summed E-state index contributed by atoms with van der Waals surface area (Å²) in [5.74, 6) is 2.60. The lowest BCUT2D eigenvalue weighted by Gasteiger charge is -2.53. The summed E-state index contributed by atoms with van der Waals surface area (Å²) in [4.78, 5) is 5.44. The van der Waals surface area contributed by atoms with Gasteiger partial charge < -0.3 is 10.1 Å². The Hall–Kier alpha value is 0.190. The van der Waals surface area contributed by atoms with E-state index in [1.54, 1.807) is 0 Å². The molecule has 4 saturated heterocycles. The standard InChI is InChI=1S/C16H29N3OS/c1-8-20-16(2-9-21-10-3-16)11-14(1)19-12-15(13-19)18-6-4-17-5-7-18/h14-15,17H,1-13H2. The van der Waals surface area contributed by atoms with Crippen molar-refractivity contribution < 1.29 is 4.74 Å². The van der Waals surface area contributed by atoms with Gasteiger partial charge >= 0.3 is 0 Å². The fraction of sp³-hybridized carbons (Fsp3) is 1.00. The zero-order valence-corrected chi connectivity index (χ0v) is 13.9. The SMILES string of the molecule is C1CN(C2CN(C3CCOC4(CCSCC4)C3)C2)CCN1. The third kappa shape index (κ3) is 3.13. The van der Waals surface area contributed by atoms with E-state index in [-0.39, 0.29) is 5.60 Å². The second kappa shape index (κ2) is 6.36. The number of thioether (sulfide) groups is 1. The van der Waals surface area contributed by atoms with E-state index in [2.05, 4.69) is 26.9 Å². The van der Waals surface area contributed by atoms with Crippen molar-refractivity contribution in [2.24, 2.45) is 0 Å². The number of rotatable bonds is 2. The summed E-state index contributed by atoms with van der Waals surface area (Å²) in [6.45, 7) is 8.43. The molecule has 4 fully saturated rings. The lowest BCUT2D eigenvalue weighted by Crippen LogP contribution is -2.66. The van der Waals surface area contributed by atoms with Gasteiger partial charge in [0.05, 0.1) is 5.60 Å². The third-order valence-electron chi connectivity index (χ3n) is 5.95. The number of hydrogen-bond acceptors (Lipinski definition) is 5. The van der Waals surface area contributed by atoms with E-state index < -0.39 is 0 Å². The Balaban J connectivity index is 1.29. The van der Waals surface area contributed by atoms with Crippen molar-refractivity contribution >= 4 is 11.8 Å². The Labute approximate surface area is 132 Å². The molecule has 4 heterocycles. The van der Waals surface area contributed by atoms with Gasteiger partial charge in [-0.3, -0.25) is 9.80 Å². The average Bonchev–Trinajstić information content (AvgIpc) is 2.48. The second-order valence-corrected chi connectivity index (χ2v) is 8.41. The van der Waals surface area contributed by atoms with Gasteiger partial charge in [-0.1, -0.05) is 0 Å². The molecular formula is C16H29N3OS. The monoisotopic (exact) mass is 311 g/mol. The Morgan fingerprint density at radius 2 is 1.76 bits per heavy atom. The Morgan fingerprint density at radius 3 is 2.52 bits per heavy atom. The molecular weight excluding hydrogens is 282 g/mol. The van der Waals surface area contributed by atoms with Gasteiger partial charge in [0, 0.05) is 58.0 Å². The topological polar surface area (TPSA) is 27.7 Å². The largest absolute Gasteiger partial charge is 0.375 e. The maximum atomic E-state index is 6.24. The maximum absolute atomic E-state index is 6.24. The minimum Gasteiger partial charge on any atom is -0.375 e. The number of likely N-dealkylation sites (tertiary alicyclic amines) is 1. The molecule has 1 atom stereocenters. The first kappa shape index (κ1) is 14.8. The van der Waals surface area contributed by atoms with Crippen molar-refractivity contribution in [3.8, 4) is 0 Å². The number of piperazine rings is 1. The molecule has 120 valence electrons. The Kier molecular flexibility index (Phi) is 4.47. The van der Waals surface area contributed by atoms with Gasteiger partial charge in [0.15, 0.2) is 0 Å². The van der Waals surface area contributed by atoms with E-state index in [0.717, 1.165) is 18.7 Å². The second-order valence-electron chi connectivity index (χ2n) is 7.18. The van der Waals surface area contributed by atoms with Gasteiger partial charge in [0.25, 0.3) is 0 Å². The summed E-state index contributed by atoms with van der Waals surface area (Å²) in [7, 11) is 0. The quantitative estimate of drug-likeness (QED) is 0.822. The number of nitrogens with zero attached hydrogens (tertiary/aromatic N) is 2. The van der Waals surface area contributed by atoms with Crippen LogP contribution in [0.25, 0.3) is 0 Å². The van der Waals surface area contributed by atoms with Crippen LogP contribution < -0.4 is 5.32 Å². The lowest BCUT2D eigenvalue weighted by atomic mass is 9.83. The molecule has 4 rings (SSSR count). The van der Waals surface area contributed by atoms with Crippen molar-refractivity contribution in [2.75, 3.05) is 57.4 Å². The highest BCUT2D eigenvalue weighted by Gasteiger charge is 2.44. The van der Waals surface area contributed by atoms with E-state index in [9.17, 15) is 0 Å². The predicted octanol–water partition coefficient (Wildman–Crippen LogP) is 1.02. The predicted molar refractivity (Wildman–Crippen MR) is 88.1 cm³/mol. The summed E-state index contributed by atoms with van der Waals surface area (Å²) in [5, 5.41) is 3.46. The van der Waals surface area contributed by atoms with Gasteiger partial charge in [-0.05, 0) is 37.2 Å². The van der Waals surface area contributed by atoms with E-state index in [0.29, 0.717) is 0 Å². The summed E-state index contributed by atoms with van der Waals surface area (Å²) >= 11 is 2.10. The zero-order chi connectivity index (χ0) is 14.1. The van der Waals surface area contributed by atoms with Crippen LogP contribution in [0, 0.1) is 0 Å². The maximum Gasteiger partial charge on any atom is 0.0713 e. The molecule has 4 nitrogen and oxygen atoms in total. The molecule has 1 unspecified atom stereocenters. The van der Waals surface area contributed by atoms with Crippen molar-refractivity contribution in [3.63, 3.8) is 0 Å². The van der Waals surface area contributed by atoms with Crippen LogP contribution in [0.2, 0.25) is 0 Å². The van der Waals surface area contributed by atoms with Crippen LogP contribution in [0.5, 0.6) is 0 Å². The molecule has 4 aliphatic heterocycles. The van der Waals surface area contributed by atoms with Crippen LogP contribution in [0.15, 0.2) is 0 Å². The number of ether oxygens (including phenoxy) is 1. The number of nitrogens with one attached hydrogen (secondary N) is 1. The van der Waals surface area contributed by atoms with Crippen LogP contribution in [0.4, 0.5) is 0 Å². The molecule has 0 aliphatic carbocycles. The highest BCUT2D eigenvalue weighted by atomic mass is 32.2. The van der Waals surface area contributed by atoms with Crippen LogP contribution in [0.1, 0.15) is 25.7 Å². The highest BCUT2D eigenvalue weighted by Crippen LogP contribution is 2.39. The Bertz CT molecular complexity index is 344. The van der Waals surface area contributed by atoms with E-state index >= 15 is 0 Å². The average molecular weight is 311 g/mol. The van der Waals surface area contributed by atoms with Gasteiger partial charge in [0.2, 0.25) is 0 Å². The highest BCUT2D eigenvalue weighted by molar-refractivity contribution is 7.99. The summed E-state index contributed by atoms with van der Waals surface area (Å²) in [5.41, 5.74) is 0.244. The third-order valence-corrected chi connectivity index (χ3v) is 6.93. The van der Waals surface area contributed by atoms with E-state index in [1.165, 1.54) is 76.5 Å². The summed E-state index contributed by atoms with van der Waals surface area (Å²) in [6, 6.07) is 1.62. The van der Waals surface area contributed by atoms with Crippen LogP contribution in [-0.2, 0) is 4.74 Å². The first-order chi connectivity index (χ1) is 10.3. The molecule has 1 N–H and O–H groups in total. The molecule has 4 aliphatic rings. The molecule has 0 bridgehead atoms. The van der Waals surface area contributed by atoms with Crippen molar-refractivity contribution in [1.82, 2.24) is 15.1 Å². The molecule has 0 saturated carbocycles. The van der Waals surface area contributed by atoms with Gasteiger partial charge in [-0.2, -0.15) is 11.8 Å². The molecule has 21 heavy (non-hydrogen) atoms. The summed E-state index contributed by atoms with van der Waals surface area (Å²) < 4.78 is 6.24. The molecule has 0 amide bonds. The Morgan fingerprint density at radius 1 is 1.00 bits per heavy atom. The van der Waals surface area contributed by atoms with Gasteiger partial charge in [0.1, 0.15) is 0 Å². The van der Waals surface area contributed by atoms with E-state index in [4.69, 9.17) is 4.74 Å². The minimum atomic E-state index is 0.244. The molecule has 0 radical (unpaired) electrons. The molecule has 1 spiro atoms. The van der Waals surface area contributed by atoms with Crippen LogP contribution in [0.3, 0.4) is 0 Å². The zero-order valence-electron chi connectivity index (χ0n) is 13.1. The first-order valence-electron chi connectivity index (χ1n) is 8.75. The minimum absolute atomic E-state index is 0.244. The normalized spacial score (nSPS) is 35.7.